The number of imidazole rings is 2. The van der Waals surface area contributed by atoms with Crippen LogP contribution in [0.4, 0.5) is 0 Å². The third-order valence-electron chi connectivity index (χ3n) is 13.7. The van der Waals surface area contributed by atoms with E-state index in [4.69, 9.17) is 22.9 Å². The van der Waals surface area contributed by atoms with Gasteiger partial charge in [0.25, 0.3) is 0 Å². The van der Waals surface area contributed by atoms with Gasteiger partial charge in [0.05, 0.1) is 44.2 Å². The Hall–Kier alpha value is -9.86. The van der Waals surface area contributed by atoms with E-state index >= 15 is 0 Å². The lowest BCUT2D eigenvalue weighted by Gasteiger charge is -2.29. The van der Waals surface area contributed by atoms with E-state index < -0.39 is 157 Å². The second-order valence-electron chi connectivity index (χ2n) is 21.7. The van der Waals surface area contributed by atoms with Gasteiger partial charge in [-0.25, -0.2) is 14.8 Å². The maximum atomic E-state index is 14.7. The summed E-state index contributed by atoms with van der Waals surface area (Å²) in [5, 5.41) is 61.6. The number of H-pyrrole nitrogens is 2. The van der Waals surface area contributed by atoms with Crippen molar-refractivity contribution in [2.75, 3.05) is 13.2 Å². The molecule has 23 N–H and O–H groups in total. The first-order valence-corrected chi connectivity index (χ1v) is 28.7. The van der Waals surface area contributed by atoms with Gasteiger partial charge in [0, 0.05) is 49.5 Å². The molecule has 0 aliphatic carbocycles. The lowest BCUT2D eigenvalue weighted by molar-refractivity contribution is -0.143. The van der Waals surface area contributed by atoms with Crippen molar-refractivity contribution in [2.24, 2.45) is 28.9 Å². The monoisotopic (exact) mass is 1260 g/mol. The number of aliphatic hydroxyl groups is 2. The minimum absolute atomic E-state index is 0.0408. The highest BCUT2D eigenvalue weighted by atomic mass is 16.4. The lowest BCUT2D eigenvalue weighted by Crippen LogP contribution is -2.62. The van der Waals surface area contributed by atoms with Gasteiger partial charge >= 0.3 is 5.97 Å². The quantitative estimate of drug-likeness (QED) is 0.0185. The van der Waals surface area contributed by atoms with Crippen molar-refractivity contribution < 1.29 is 78.0 Å². The number of rotatable bonds is 39. The normalized spacial score (nSPS) is 14.8. The predicted octanol–water partition coefficient (Wildman–Crippen LogP) is -5.82. The number of aromatic amines is 2. The van der Waals surface area contributed by atoms with Gasteiger partial charge in [-0.05, 0) is 68.3 Å². The molecule has 0 bridgehead atoms. The SMILES string of the molecule is CC(C)C[C@H](NC(=O)[C@H](Cc1ccccc1)NC(=O)[C@H](Cc1ccc(O)cc1)NC(=O)[C@H](CC(N)=O)NC(=O)[C@@H](NC(=O)[C@@H](N)Cc1cnc[nH]1)[C@@H](C)O)C(=O)N[C@@H](CCCCN)C(=O)N[C@@H](CC(N)=O)C(=O)N[C@@H](Cc1cnc[nH]1)C(=O)N[C@@H](CO)C(=O)O. The van der Waals surface area contributed by atoms with E-state index in [0.29, 0.717) is 23.2 Å². The summed E-state index contributed by atoms with van der Waals surface area (Å²) in [4.78, 5) is 176. The Morgan fingerprint density at radius 3 is 1.39 bits per heavy atom. The van der Waals surface area contributed by atoms with Crippen molar-refractivity contribution in [1.29, 1.82) is 0 Å². The summed E-state index contributed by atoms with van der Waals surface area (Å²) in [6.07, 6.45) is 1.51. The van der Waals surface area contributed by atoms with Gasteiger partial charge in [-0.2, -0.15) is 0 Å². The maximum absolute atomic E-state index is 14.7. The molecule has 4 aromatic rings. The highest BCUT2D eigenvalue weighted by Gasteiger charge is 2.37. The Kier molecular flexibility index (Phi) is 29.4. The number of aromatic nitrogens is 4. The zero-order valence-electron chi connectivity index (χ0n) is 49.8. The molecule has 33 heteroatoms. The van der Waals surface area contributed by atoms with Crippen molar-refractivity contribution in [3.63, 3.8) is 0 Å². The number of hydrogen-bond donors (Lipinski definition) is 19. The molecule has 2 aromatic heterocycles. The Morgan fingerprint density at radius 2 is 0.933 bits per heavy atom. The molecule has 0 aliphatic heterocycles. The van der Waals surface area contributed by atoms with Crippen LogP contribution in [0.15, 0.2) is 79.6 Å². The summed E-state index contributed by atoms with van der Waals surface area (Å²) in [5.74, 6) is -13.6. The fraction of sp³-hybridized carbons (Fsp3) is 0.474. The number of benzene rings is 2. The van der Waals surface area contributed by atoms with E-state index in [-0.39, 0.29) is 68.9 Å². The number of carbonyl (C=O) groups excluding carboxylic acids is 11. The average Bonchev–Trinajstić information content (AvgIpc) is 2.39. The van der Waals surface area contributed by atoms with Crippen molar-refractivity contribution in [3.05, 3.63) is 102 Å². The van der Waals surface area contributed by atoms with Crippen LogP contribution in [0.2, 0.25) is 0 Å². The van der Waals surface area contributed by atoms with Gasteiger partial charge in [-0.1, -0.05) is 56.3 Å². The van der Waals surface area contributed by atoms with Gasteiger partial charge in [-0.3, -0.25) is 52.7 Å². The molecule has 4 rings (SSSR count). The second-order valence-corrected chi connectivity index (χ2v) is 21.7. The number of aliphatic carboxylic acids is 1. The molecule has 0 spiro atoms. The molecule has 33 nitrogen and oxygen atoms in total. The topological polar surface area (TPSA) is 555 Å². The van der Waals surface area contributed by atoms with Gasteiger partial charge in [0.2, 0.25) is 65.0 Å². The van der Waals surface area contributed by atoms with Crippen molar-refractivity contribution in [3.8, 4) is 5.75 Å². The molecule has 11 amide bonds. The van der Waals surface area contributed by atoms with Crippen LogP contribution in [-0.2, 0) is 83.2 Å². The average molecular weight is 1260 g/mol. The van der Waals surface area contributed by atoms with Gasteiger partial charge in [0.1, 0.15) is 60.1 Å². The van der Waals surface area contributed by atoms with Crippen molar-refractivity contribution in [2.45, 2.75) is 152 Å². The summed E-state index contributed by atoms with van der Waals surface area (Å²) < 4.78 is 0. The van der Waals surface area contributed by atoms with Crippen LogP contribution in [-0.4, -0.2) is 191 Å². The Morgan fingerprint density at radius 1 is 0.511 bits per heavy atom. The fourth-order valence-corrected chi connectivity index (χ4v) is 8.99. The standard InChI is InChI=1S/C57H81N17O16/c1-29(2)17-38(50(82)66-37(11-7-8-16-58)49(81)71-42(22-45(60)78)54(86)70-41(21-34-25-63-28-65-34)53(85)73-44(26-75)57(89)90)67-51(83)39(18-31-9-5-4-6-10-31)68-52(84)40(19-32-12-14-35(77)15-13-32)69-55(87)43(23-46(61)79)72-56(88)47(30(3)76)74-48(80)36(59)20-33-24-62-27-64-33/h4-6,9-10,12-15,24-25,27-30,36-44,47,75-77H,7-8,11,16-23,26,58-59H2,1-3H3,(H2,60,78)(H2,61,79)(H,62,64)(H,63,65)(H,66,82)(H,67,83)(H,68,84)(H,69,87)(H,70,86)(H,71,81)(H,72,88)(H,73,85)(H,74,80)(H,89,90)/t30-,36+,37+,38+,39+,40+,41+,42+,43+,44+,47+/m1/s1. The molecule has 0 saturated carbocycles. The maximum Gasteiger partial charge on any atom is 0.328 e. The molecular formula is C57H81N17O16. The summed E-state index contributed by atoms with van der Waals surface area (Å²) >= 11 is 0. The minimum Gasteiger partial charge on any atom is -0.508 e. The zero-order valence-corrected chi connectivity index (χ0v) is 49.8. The van der Waals surface area contributed by atoms with Crippen LogP contribution >= 0.6 is 0 Å². The molecule has 0 saturated heterocycles. The largest absolute Gasteiger partial charge is 0.508 e. The van der Waals surface area contributed by atoms with Gasteiger partial charge in [0.15, 0.2) is 0 Å². The second kappa shape index (κ2) is 36.4. The van der Waals surface area contributed by atoms with Crippen LogP contribution in [0, 0.1) is 5.92 Å². The number of phenols is 1. The van der Waals surface area contributed by atoms with Crippen molar-refractivity contribution in [1.82, 2.24) is 67.8 Å². The first-order valence-electron chi connectivity index (χ1n) is 28.7. The van der Waals surface area contributed by atoms with E-state index in [1.54, 1.807) is 44.2 Å². The Bertz CT molecular complexity index is 3040. The zero-order chi connectivity index (χ0) is 66.6. The number of nitrogens with zero attached hydrogens (tertiary/aromatic N) is 2. The van der Waals surface area contributed by atoms with E-state index in [1.807, 2.05) is 0 Å². The fourth-order valence-electron chi connectivity index (χ4n) is 8.99. The number of carboxylic acids is 1. The molecule has 0 radical (unpaired) electrons. The first kappa shape index (κ1) is 72.6. The summed E-state index contributed by atoms with van der Waals surface area (Å²) in [6.45, 7) is 3.77. The van der Waals surface area contributed by atoms with Crippen LogP contribution < -0.4 is 70.8 Å². The van der Waals surface area contributed by atoms with E-state index in [1.165, 1.54) is 56.2 Å². The molecule has 2 heterocycles. The Balaban J connectivity index is 1.64. The molecule has 0 unspecified atom stereocenters. The lowest BCUT2D eigenvalue weighted by atomic mass is 9.99. The van der Waals surface area contributed by atoms with E-state index in [0.717, 1.165) is 0 Å². The Labute approximate surface area is 516 Å². The number of nitrogens with one attached hydrogen (secondary N) is 11. The van der Waals surface area contributed by atoms with Gasteiger partial charge < -0.3 is 101 Å². The molecule has 0 aliphatic rings. The van der Waals surface area contributed by atoms with Crippen LogP contribution in [0.25, 0.3) is 0 Å². The van der Waals surface area contributed by atoms with Crippen LogP contribution in [0.5, 0.6) is 5.75 Å². The first-order chi connectivity index (χ1) is 42.7. The number of nitrogens with two attached hydrogens (primary N) is 4. The molecular weight excluding hydrogens is 1180 g/mol. The smallest absolute Gasteiger partial charge is 0.328 e. The minimum atomic E-state index is -1.84. The molecule has 90 heavy (non-hydrogen) atoms. The third-order valence-corrected chi connectivity index (χ3v) is 13.7. The molecule has 11 atom stereocenters. The van der Waals surface area contributed by atoms with Crippen LogP contribution in [0.3, 0.4) is 0 Å². The number of carbonyl (C=O) groups is 12. The highest BCUT2D eigenvalue weighted by molar-refractivity contribution is 6.00. The highest BCUT2D eigenvalue weighted by Crippen LogP contribution is 2.15. The predicted molar refractivity (Wildman–Crippen MR) is 318 cm³/mol. The van der Waals surface area contributed by atoms with E-state index in [9.17, 15) is 78.0 Å². The van der Waals surface area contributed by atoms with Crippen molar-refractivity contribution >= 4 is 70.9 Å². The van der Waals surface area contributed by atoms with Gasteiger partial charge in [-0.15, -0.1) is 0 Å². The number of hydrogen-bond acceptors (Lipinski definition) is 19. The summed E-state index contributed by atoms with van der Waals surface area (Å²) in [7, 11) is 0. The number of amides is 11. The summed E-state index contributed by atoms with van der Waals surface area (Å²) in [5.41, 5.74) is 24.5. The van der Waals surface area contributed by atoms with E-state index in [2.05, 4.69) is 67.8 Å². The number of aromatic hydroxyl groups is 1. The number of phenolic OH excluding ortho intramolecular Hbond substituents is 1. The number of primary amides is 2. The summed E-state index contributed by atoms with van der Waals surface area (Å²) in [6, 6.07) is -2.38. The molecule has 490 valence electrons. The molecule has 0 fully saturated rings. The van der Waals surface area contributed by atoms with Crippen LogP contribution in [0.1, 0.15) is 81.8 Å². The number of unbranched alkanes of at least 4 members (excludes halogenated alkanes) is 1. The molecule has 2 aromatic carbocycles. The number of carboxylic acid groups (broad SMARTS) is 1. The third kappa shape index (κ3) is 24.7. The number of aliphatic hydroxyl groups excluding tert-OH is 2.